The minimum atomic E-state index is -0.163. The molecule has 2 heterocycles. The number of aliphatic hydroxyl groups is 1. The Balaban J connectivity index is 1.43. The molecule has 2 aliphatic heterocycles. The number of piperidine rings is 1. The van der Waals surface area contributed by atoms with E-state index in [1.54, 1.807) is 0 Å². The first kappa shape index (κ1) is 18.9. The Kier molecular flexibility index (Phi) is 7.37. The molecule has 144 valence electrons. The van der Waals surface area contributed by atoms with Crippen molar-refractivity contribution in [2.24, 2.45) is 10.9 Å². The molecule has 0 amide bonds. The zero-order valence-corrected chi connectivity index (χ0v) is 15.7. The van der Waals surface area contributed by atoms with Crippen molar-refractivity contribution in [3.8, 4) is 0 Å². The summed E-state index contributed by atoms with van der Waals surface area (Å²) in [6.45, 7) is 7.32. The van der Waals surface area contributed by atoms with Gasteiger partial charge in [0.2, 0.25) is 0 Å². The van der Waals surface area contributed by atoms with E-state index >= 15 is 0 Å². The van der Waals surface area contributed by atoms with Crippen LogP contribution in [0.5, 0.6) is 0 Å². The summed E-state index contributed by atoms with van der Waals surface area (Å²) in [5.74, 6) is 1.33. The van der Waals surface area contributed by atoms with E-state index < -0.39 is 0 Å². The van der Waals surface area contributed by atoms with Crippen LogP contribution in [-0.4, -0.2) is 73.7 Å². The van der Waals surface area contributed by atoms with Gasteiger partial charge in [-0.3, -0.25) is 4.99 Å². The minimum Gasteiger partial charge on any atom is -0.393 e. The maximum atomic E-state index is 10.00. The van der Waals surface area contributed by atoms with E-state index in [1.807, 2.05) is 0 Å². The largest absolute Gasteiger partial charge is 0.393 e. The van der Waals surface area contributed by atoms with E-state index in [9.17, 15) is 5.11 Å². The molecule has 3 fully saturated rings. The summed E-state index contributed by atoms with van der Waals surface area (Å²) in [6, 6.07) is 0. The summed E-state index contributed by atoms with van der Waals surface area (Å²) in [7, 11) is 0. The van der Waals surface area contributed by atoms with Gasteiger partial charge in [0.05, 0.1) is 24.9 Å². The molecule has 0 aromatic rings. The molecule has 0 radical (unpaired) electrons. The van der Waals surface area contributed by atoms with E-state index in [4.69, 9.17) is 14.5 Å². The number of aliphatic imine (C=N–C) groups is 1. The first-order valence-corrected chi connectivity index (χ1v) is 10.2. The van der Waals surface area contributed by atoms with E-state index in [1.165, 1.54) is 6.42 Å². The predicted octanol–water partition coefficient (Wildman–Crippen LogP) is 1.77. The van der Waals surface area contributed by atoms with E-state index in [2.05, 4.69) is 17.1 Å². The molecule has 3 rings (SSSR count). The zero-order valence-electron chi connectivity index (χ0n) is 15.7. The van der Waals surface area contributed by atoms with Crippen LogP contribution in [0.3, 0.4) is 0 Å². The summed E-state index contributed by atoms with van der Waals surface area (Å²) in [6.07, 6.45) is 8.07. The highest BCUT2D eigenvalue weighted by molar-refractivity contribution is 5.80. The van der Waals surface area contributed by atoms with Crippen molar-refractivity contribution in [1.29, 1.82) is 0 Å². The van der Waals surface area contributed by atoms with Crippen molar-refractivity contribution in [3.63, 3.8) is 0 Å². The van der Waals surface area contributed by atoms with Crippen molar-refractivity contribution >= 4 is 5.96 Å². The number of aliphatic hydroxyl groups excluding tert-OH is 1. The number of likely N-dealkylation sites (tertiary alicyclic amines) is 1. The van der Waals surface area contributed by atoms with Crippen LogP contribution in [0.25, 0.3) is 0 Å². The van der Waals surface area contributed by atoms with Crippen molar-refractivity contribution < 1.29 is 14.6 Å². The monoisotopic (exact) mass is 353 g/mol. The van der Waals surface area contributed by atoms with Crippen LogP contribution in [0.1, 0.15) is 51.9 Å². The van der Waals surface area contributed by atoms with Gasteiger partial charge in [0.25, 0.3) is 0 Å². The standard InChI is InChI=1S/C19H35N3O3/c1-2-20-19(21-13-15-5-3-7-18(15)23)22-10-8-16(9-11-22)25-14-17-6-4-12-24-17/h15-18,23H,2-14H2,1H3,(H,20,21). The second-order valence-electron chi connectivity index (χ2n) is 7.61. The molecule has 0 spiro atoms. The Hall–Kier alpha value is -0.850. The van der Waals surface area contributed by atoms with Crippen LogP contribution < -0.4 is 5.32 Å². The maximum Gasteiger partial charge on any atom is 0.193 e. The van der Waals surface area contributed by atoms with Gasteiger partial charge < -0.3 is 24.8 Å². The Labute approximate surface area is 152 Å². The average molecular weight is 354 g/mol. The van der Waals surface area contributed by atoms with Crippen molar-refractivity contribution in [1.82, 2.24) is 10.2 Å². The Morgan fingerprint density at radius 2 is 2.04 bits per heavy atom. The highest BCUT2D eigenvalue weighted by Gasteiger charge is 2.27. The lowest BCUT2D eigenvalue weighted by Gasteiger charge is -2.34. The third kappa shape index (κ3) is 5.56. The van der Waals surface area contributed by atoms with Gasteiger partial charge in [-0.15, -0.1) is 0 Å². The van der Waals surface area contributed by atoms with Crippen molar-refractivity contribution in [3.05, 3.63) is 0 Å². The van der Waals surface area contributed by atoms with E-state index in [0.717, 1.165) is 83.9 Å². The van der Waals surface area contributed by atoms with Gasteiger partial charge >= 0.3 is 0 Å². The summed E-state index contributed by atoms with van der Waals surface area (Å²) < 4.78 is 11.7. The highest BCUT2D eigenvalue weighted by atomic mass is 16.5. The number of hydrogen-bond acceptors (Lipinski definition) is 4. The van der Waals surface area contributed by atoms with Crippen LogP contribution in [-0.2, 0) is 9.47 Å². The molecule has 0 aromatic heterocycles. The number of ether oxygens (including phenoxy) is 2. The maximum absolute atomic E-state index is 10.00. The molecular weight excluding hydrogens is 318 g/mol. The Bertz CT molecular complexity index is 418. The summed E-state index contributed by atoms with van der Waals surface area (Å²) in [5, 5.41) is 13.4. The molecule has 1 saturated carbocycles. The molecular formula is C19H35N3O3. The average Bonchev–Trinajstić information content (AvgIpc) is 3.29. The topological polar surface area (TPSA) is 66.3 Å². The lowest BCUT2D eigenvalue weighted by atomic mass is 10.1. The first-order chi connectivity index (χ1) is 12.3. The van der Waals surface area contributed by atoms with Gasteiger partial charge in [-0.2, -0.15) is 0 Å². The third-order valence-electron chi connectivity index (χ3n) is 5.71. The quantitative estimate of drug-likeness (QED) is 0.563. The molecule has 2 N–H and O–H groups in total. The summed E-state index contributed by atoms with van der Waals surface area (Å²) >= 11 is 0. The first-order valence-electron chi connectivity index (χ1n) is 10.2. The zero-order chi connectivity index (χ0) is 17.5. The van der Waals surface area contributed by atoms with E-state index in [0.29, 0.717) is 18.1 Å². The lowest BCUT2D eigenvalue weighted by molar-refractivity contribution is -0.0367. The highest BCUT2D eigenvalue weighted by Crippen LogP contribution is 2.25. The van der Waals surface area contributed by atoms with Crippen molar-refractivity contribution in [2.75, 3.05) is 39.4 Å². The molecule has 25 heavy (non-hydrogen) atoms. The van der Waals surface area contributed by atoms with Gasteiger partial charge in [0.15, 0.2) is 5.96 Å². The molecule has 3 aliphatic rings. The Morgan fingerprint density at radius 1 is 1.20 bits per heavy atom. The molecule has 6 nitrogen and oxygen atoms in total. The van der Waals surface area contributed by atoms with Gasteiger partial charge in [0, 0.05) is 38.7 Å². The van der Waals surface area contributed by atoms with Gasteiger partial charge in [-0.05, 0) is 45.4 Å². The van der Waals surface area contributed by atoms with Gasteiger partial charge in [-0.25, -0.2) is 0 Å². The number of nitrogens with zero attached hydrogens (tertiary/aromatic N) is 2. The van der Waals surface area contributed by atoms with E-state index in [-0.39, 0.29) is 6.10 Å². The van der Waals surface area contributed by atoms with Gasteiger partial charge in [-0.1, -0.05) is 6.42 Å². The number of nitrogens with one attached hydrogen (secondary N) is 1. The fourth-order valence-electron chi connectivity index (χ4n) is 4.11. The minimum absolute atomic E-state index is 0.163. The molecule has 1 aliphatic carbocycles. The molecule has 2 saturated heterocycles. The SMILES string of the molecule is CCNC(=NCC1CCCC1O)N1CCC(OCC2CCCO2)CC1. The number of guanidine groups is 1. The molecule has 0 aromatic carbocycles. The summed E-state index contributed by atoms with van der Waals surface area (Å²) in [4.78, 5) is 7.16. The van der Waals surface area contributed by atoms with Crippen LogP contribution in [0, 0.1) is 5.92 Å². The third-order valence-corrected chi connectivity index (χ3v) is 5.71. The second kappa shape index (κ2) is 9.74. The van der Waals surface area contributed by atoms with Crippen LogP contribution in [0.2, 0.25) is 0 Å². The second-order valence-corrected chi connectivity index (χ2v) is 7.61. The van der Waals surface area contributed by atoms with Crippen LogP contribution >= 0.6 is 0 Å². The smallest absolute Gasteiger partial charge is 0.193 e. The Morgan fingerprint density at radius 3 is 2.68 bits per heavy atom. The fraction of sp³-hybridized carbons (Fsp3) is 0.947. The van der Waals surface area contributed by atoms with Gasteiger partial charge in [0.1, 0.15) is 0 Å². The number of rotatable bonds is 6. The fourth-order valence-corrected chi connectivity index (χ4v) is 4.11. The molecule has 0 bridgehead atoms. The van der Waals surface area contributed by atoms with Crippen molar-refractivity contribution in [2.45, 2.75) is 70.2 Å². The molecule has 3 unspecified atom stereocenters. The van der Waals surface area contributed by atoms with Crippen LogP contribution in [0.15, 0.2) is 4.99 Å². The molecule has 3 atom stereocenters. The molecule has 6 heteroatoms. The lowest BCUT2D eigenvalue weighted by Crippen LogP contribution is -2.47. The number of hydrogen-bond donors (Lipinski definition) is 2. The normalized spacial score (nSPS) is 31.7. The summed E-state index contributed by atoms with van der Waals surface area (Å²) in [5.41, 5.74) is 0. The predicted molar refractivity (Wildman–Crippen MR) is 98.8 cm³/mol. The van der Waals surface area contributed by atoms with Crippen LogP contribution in [0.4, 0.5) is 0 Å².